The van der Waals surface area contributed by atoms with Gasteiger partial charge in [-0.25, -0.2) is 0 Å². The van der Waals surface area contributed by atoms with Gasteiger partial charge in [0.25, 0.3) is 11.8 Å². The lowest BCUT2D eigenvalue weighted by atomic mass is 9.77. The van der Waals surface area contributed by atoms with E-state index in [0.717, 1.165) is 32.5 Å². The monoisotopic (exact) mass is 506 g/mol. The molecule has 1 fully saturated rings. The quantitative estimate of drug-likeness (QED) is 0.598. The zero-order valence-corrected chi connectivity index (χ0v) is 18.5. The number of ether oxygens (including phenoxy) is 2. The molecule has 2 aromatic heterocycles. The van der Waals surface area contributed by atoms with E-state index in [0.29, 0.717) is 6.07 Å². The van der Waals surface area contributed by atoms with Gasteiger partial charge in [-0.15, -0.1) is 0 Å². The van der Waals surface area contributed by atoms with E-state index in [9.17, 15) is 35.9 Å². The molecule has 35 heavy (non-hydrogen) atoms. The first-order chi connectivity index (χ1) is 16.1. The normalized spacial score (nSPS) is 24.8. The van der Waals surface area contributed by atoms with E-state index in [4.69, 9.17) is 15.2 Å². The van der Waals surface area contributed by atoms with E-state index in [2.05, 4.69) is 15.3 Å². The fourth-order valence-electron chi connectivity index (χ4n) is 3.91. The highest BCUT2D eigenvalue weighted by atomic mass is 19.4. The van der Waals surface area contributed by atoms with Gasteiger partial charge in [0.05, 0.1) is 7.11 Å². The van der Waals surface area contributed by atoms with Crippen LogP contribution in [0.15, 0.2) is 30.6 Å². The van der Waals surface area contributed by atoms with Crippen LogP contribution in [0.4, 0.5) is 32.0 Å². The van der Waals surface area contributed by atoms with Crippen LogP contribution in [0.1, 0.15) is 41.5 Å². The first-order valence-electron chi connectivity index (χ1n) is 10.0. The zero-order chi connectivity index (χ0) is 26.3. The molecule has 3 rings (SSSR count). The van der Waals surface area contributed by atoms with Gasteiger partial charge in [0.15, 0.2) is 5.60 Å². The first-order valence-corrected chi connectivity index (χ1v) is 10.0. The Balaban J connectivity index is 2.07. The van der Waals surface area contributed by atoms with E-state index in [1.807, 2.05) is 0 Å². The number of nitrogens with two attached hydrogens (primary N) is 1. The summed E-state index contributed by atoms with van der Waals surface area (Å²) in [7, 11) is 1.04. The second-order valence-corrected chi connectivity index (χ2v) is 8.05. The largest absolute Gasteiger partial charge is 0.496 e. The molecule has 190 valence electrons. The number of hydrogen-bond donors (Lipinski definition) is 2. The summed E-state index contributed by atoms with van der Waals surface area (Å²) in [6.07, 6.45) is -9.70. The summed E-state index contributed by atoms with van der Waals surface area (Å²) in [5, 5.41) is 2.34. The first kappa shape index (κ1) is 26.2. The summed E-state index contributed by atoms with van der Waals surface area (Å²) in [5.41, 5.74) is 0.602. The summed E-state index contributed by atoms with van der Waals surface area (Å²) in [4.78, 5) is 31.4. The number of rotatable bonds is 5. The van der Waals surface area contributed by atoms with Crippen LogP contribution in [0, 0.1) is 5.92 Å². The number of anilines is 1. The van der Waals surface area contributed by atoms with Crippen molar-refractivity contribution >= 4 is 17.5 Å². The Hall–Kier alpha value is -3.42. The number of nitrogens with one attached hydrogen (secondary N) is 1. The number of carbonyl (C=O) groups excluding carboxylic acids is 2. The molecule has 0 bridgehead atoms. The maximum Gasteiger partial charge on any atom is 0.433 e. The van der Waals surface area contributed by atoms with Crippen LogP contribution < -0.4 is 15.8 Å². The SMILES string of the molecule is COc1cc(C(F)(F)F)ncc1[C@@H]1[C@@H](C(=O)Nc2ccnc(C(N)=O)c2)O[C@@](C)(C(F)(F)F)[C@@H]1C. The molecule has 1 aliphatic rings. The van der Waals surface area contributed by atoms with E-state index < -0.39 is 59.2 Å². The van der Waals surface area contributed by atoms with Crippen molar-refractivity contribution in [3.63, 3.8) is 0 Å². The molecule has 2 amide bonds. The molecule has 0 unspecified atom stereocenters. The van der Waals surface area contributed by atoms with Crippen molar-refractivity contribution < 1.29 is 45.4 Å². The third-order valence-electron chi connectivity index (χ3n) is 5.97. The average molecular weight is 506 g/mol. The van der Waals surface area contributed by atoms with Crippen LogP contribution in [0.2, 0.25) is 0 Å². The van der Waals surface area contributed by atoms with Crippen molar-refractivity contribution in [3.8, 4) is 5.75 Å². The van der Waals surface area contributed by atoms with Gasteiger partial charge in [-0.2, -0.15) is 26.3 Å². The predicted octanol–water partition coefficient (Wildman–Crippen LogP) is 3.68. The van der Waals surface area contributed by atoms with E-state index in [1.165, 1.54) is 13.0 Å². The van der Waals surface area contributed by atoms with Crippen molar-refractivity contribution in [1.82, 2.24) is 9.97 Å². The molecule has 1 saturated heterocycles. The fraction of sp³-hybridized carbons (Fsp3) is 0.429. The zero-order valence-electron chi connectivity index (χ0n) is 18.5. The van der Waals surface area contributed by atoms with Gasteiger partial charge in [0.2, 0.25) is 0 Å². The van der Waals surface area contributed by atoms with E-state index >= 15 is 0 Å². The number of alkyl halides is 6. The highest BCUT2D eigenvalue weighted by molar-refractivity contribution is 5.97. The molecule has 1 aliphatic heterocycles. The highest BCUT2D eigenvalue weighted by Crippen LogP contribution is 2.54. The van der Waals surface area contributed by atoms with Gasteiger partial charge in [-0.3, -0.25) is 19.6 Å². The summed E-state index contributed by atoms with van der Waals surface area (Å²) < 4.78 is 91.5. The number of pyridine rings is 2. The number of methoxy groups -OCH3 is 1. The van der Waals surface area contributed by atoms with Crippen LogP contribution in [0.5, 0.6) is 5.75 Å². The van der Waals surface area contributed by atoms with Gasteiger partial charge >= 0.3 is 12.4 Å². The lowest BCUT2D eigenvalue weighted by Gasteiger charge is -2.31. The second-order valence-electron chi connectivity index (χ2n) is 8.05. The number of primary amides is 1. The Morgan fingerprint density at radius 2 is 1.83 bits per heavy atom. The fourth-order valence-corrected chi connectivity index (χ4v) is 3.91. The second kappa shape index (κ2) is 8.98. The van der Waals surface area contributed by atoms with Crippen LogP contribution in [-0.2, 0) is 15.7 Å². The molecule has 8 nitrogen and oxygen atoms in total. The van der Waals surface area contributed by atoms with E-state index in [1.54, 1.807) is 0 Å². The van der Waals surface area contributed by atoms with Crippen molar-refractivity contribution in [2.45, 2.75) is 43.8 Å². The number of amides is 2. The van der Waals surface area contributed by atoms with Crippen molar-refractivity contribution in [2.75, 3.05) is 12.4 Å². The van der Waals surface area contributed by atoms with Gasteiger partial charge in [0.1, 0.15) is 23.2 Å². The summed E-state index contributed by atoms with van der Waals surface area (Å²) >= 11 is 0. The third-order valence-corrected chi connectivity index (χ3v) is 5.97. The molecular formula is C21H20F6N4O4. The summed E-state index contributed by atoms with van der Waals surface area (Å²) in [6.45, 7) is 1.92. The molecule has 0 radical (unpaired) electrons. The predicted molar refractivity (Wildman–Crippen MR) is 108 cm³/mol. The molecule has 14 heteroatoms. The Morgan fingerprint density at radius 1 is 1.17 bits per heavy atom. The number of aromatic nitrogens is 2. The lowest BCUT2D eigenvalue weighted by Crippen LogP contribution is -2.47. The summed E-state index contributed by atoms with van der Waals surface area (Å²) in [6, 6.07) is 2.92. The van der Waals surface area contributed by atoms with Gasteiger partial charge in [-0.1, -0.05) is 6.92 Å². The molecule has 0 aromatic carbocycles. The highest BCUT2D eigenvalue weighted by Gasteiger charge is 2.66. The number of hydrogen-bond acceptors (Lipinski definition) is 6. The van der Waals surface area contributed by atoms with Crippen molar-refractivity contribution in [1.29, 1.82) is 0 Å². The maximum absolute atomic E-state index is 14.0. The number of carbonyl (C=O) groups is 2. The van der Waals surface area contributed by atoms with E-state index in [-0.39, 0.29) is 16.9 Å². The molecule has 0 aliphatic carbocycles. The number of nitrogens with zero attached hydrogens (tertiary/aromatic N) is 2. The van der Waals surface area contributed by atoms with Gasteiger partial charge in [0, 0.05) is 41.5 Å². The van der Waals surface area contributed by atoms with Crippen LogP contribution >= 0.6 is 0 Å². The smallest absolute Gasteiger partial charge is 0.433 e. The lowest BCUT2D eigenvalue weighted by molar-refractivity contribution is -0.272. The minimum absolute atomic E-state index is 0.00748. The van der Waals surface area contributed by atoms with Crippen LogP contribution in [-0.4, -0.2) is 46.8 Å². The molecule has 0 saturated carbocycles. The average Bonchev–Trinajstić information content (AvgIpc) is 3.04. The molecule has 2 aromatic rings. The Morgan fingerprint density at radius 3 is 2.37 bits per heavy atom. The Bertz CT molecular complexity index is 1140. The minimum Gasteiger partial charge on any atom is -0.496 e. The standard InChI is InChI=1S/C21H20F6N4O4/c1-9-15(11-8-30-14(20(22,23)24)7-13(11)34-3)16(35-19(9,2)21(25,26)27)18(33)31-10-4-5-29-12(6-10)17(28)32/h4-9,15-16H,1-3H3,(H2,28,32)(H,29,31,33)/t9-,15-,16+,19-/m1/s1. The third kappa shape index (κ3) is 4.88. The summed E-state index contributed by atoms with van der Waals surface area (Å²) in [5.74, 6) is -5.20. The Kier molecular flexibility index (Phi) is 6.72. The van der Waals surface area contributed by atoms with Crippen molar-refractivity contribution in [2.24, 2.45) is 11.7 Å². The molecule has 4 atom stereocenters. The van der Waals surface area contributed by atoms with Gasteiger partial charge < -0.3 is 20.5 Å². The maximum atomic E-state index is 14.0. The van der Waals surface area contributed by atoms with Crippen molar-refractivity contribution in [3.05, 3.63) is 47.5 Å². The minimum atomic E-state index is -4.93. The van der Waals surface area contributed by atoms with Crippen LogP contribution in [0.3, 0.4) is 0 Å². The molecular weight excluding hydrogens is 486 g/mol. The van der Waals surface area contributed by atoms with Gasteiger partial charge in [-0.05, 0) is 19.1 Å². The molecule has 3 heterocycles. The molecule has 3 N–H and O–H groups in total. The number of halogens is 6. The topological polar surface area (TPSA) is 116 Å². The van der Waals surface area contributed by atoms with Crippen LogP contribution in [0.25, 0.3) is 0 Å². The molecule has 0 spiro atoms. The Labute approximate surface area is 194 Å².